The second kappa shape index (κ2) is 13.2. The summed E-state index contributed by atoms with van der Waals surface area (Å²) in [7, 11) is 0. The van der Waals surface area contributed by atoms with Gasteiger partial charge in [-0.25, -0.2) is 9.78 Å². The van der Waals surface area contributed by atoms with E-state index in [1.807, 2.05) is 0 Å². The number of pyridine rings is 2. The van der Waals surface area contributed by atoms with Gasteiger partial charge in [0.15, 0.2) is 5.75 Å². The number of benzene rings is 2. The minimum Gasteiger partial charge on any atom is -0.491 e. The van der Waals surface area contributed by atoms with Gasteiger partial charge >= 0.3 is 12.1 Å². The van der Waals surface area contributed by atoms with Gasteiger partial charge in [-0.1, -0.05) is 17.7 Å². The molecule has 1 N–H and O–H groups in total. The number of aromatic carboxylic acids is 1. The van der Waals surface area contributed by atoms with Gasteiger partial charge in [0, 0.05) is 33.4 Å². The highest BCUT2D eigenvalue weighted by molar-refractivity contribution is 7.18. The Bertz CT molecular complexity index is 2370. The molecular formula is C34H23ClF3N5O5S. The molecule has 49 heavy (non-hydrogen) atoms. The molecule has 248 valence electrons. The van der Waals surface area contributed by atoms with Gasteiger partial charge in [-0.2, -0.15) is 18.4 Å². The highest BCUT2D eigenvalue weighted by Crippen LogP contribution is 2.42. The molecule has 4 heterocycles. The molecule has 15 heteroatoms. The number of ether oxygens (including phenoxy) is 2. The zero-order chi connectivity index (χ0) is 35.0. The number of carbonyl (C=O) groups is 1. The first-order chi connectivity index (χ1) is 23.4. The summed E-state index contributed by atoms with van der Waals surface area (Å²) in [5.74, 6) is -1.42. The molecule has 6 aromatic rings. The minimum absolute atomic E-state index is 0.0671. The second-order valence-electron chi connectivity index (χ2n) is 10.8. The van der Waals surface area contributed by atoms with Crippen molar-refractivity contribution in [2.24, 2.45) is 0 Å². The molecule has 0 bridgehead atoms. The average molecular weight is 706 g/mol. The number of carboxylic acids is 1. The summed E-state index contributed by atoms with van der Waals surface area (Å²) in [6.45, 7) is 2.65. The molecule has 4 aromatic heterocycles. The largest absolute Gasteiger partial charge is 0.491 e. The number of nitrogens with zero attached hydrogens (tertiary/aromatic N) is 5. The predicted molar refractivity (Wildman–Crippen MR) is 176 cm³/mol. The number of alkyl halides is 3. The number of nitriles is 1. The third-order valence-electron chi connectivity index (χ3n) is 7.58. The molecule has 0 saturated heterocycles. The standard InChI is InChI=1S/C34H23ClF3N5O5S/c1-17-11-22(31-29(41-17)24(16-49-31)33(45)46)21-12-19(35)6-7-27(21)47-10-9-43-18(2)42-26-13-25(34(36,37)38)30(23(14-39)28(26)32(43)44)48-15-20-5-3-4-8-40-20/h3-8,11-13,16H,9-10,15H2,1-2H3,(H,45,46). The molecule has 0 unspecified atom stereocenters. The summed E-state index contributed by atoms with van der Waals surface area (Å²) in [5, 5.41) is 21.3. The van der Waals surface area contributed by atoms with Crippen LogP contribution in [0.25, 0.3) is 32.2 Å². The summed E-state index contributed by atoms with van der Waals surface area (Å²) in [6.07, 6.45) is -3.46. The van der Waals surface area contributed by atoms with Gasteiger partial charge in [0.05, 0.1) is 38.9 Å². The van der Waals surface area contributed by atoms with Crippen LogP contribution in [0.15, 0.2) is 64.9 Å². The van der Waals surface area contributed by atoms with E-state index in [9.17, 15) is 33.1 Å². The topological polar surface area (TPSA) is 140 Å². The van der Waals surface area contributed by atoms with Gasteiger partial charge in [0.25, 0.3) is 5.56 Å². The molecule has 0 fully saturated rings. The molecular weight excluding hydrogens is 683 g/mol. The fourth-order valence-electron chi connectivity index (χ4n) is 5.41. The van der Waals surface area contributed by atoms with Crippen LogP contribution in [0.1, 0.15) is 38.7 Å². The fourth-order valence-corrected chi connectivity index (χ4v) is 6.59. The number of halogens is 4. The van der Waals surface area contributed by atoms with Gasteiger partial charge in [0.2, 0.25) is 0 Å². The fraction of sp³-hybridized carbons (Fsp3) is 0.176. The lowest BCUT2D eigenvalue weighted by molar-refractivity contribution is -0.139. The normalized spacial score (nSPS) is 11.5. The van der Waals surface area contributed by atoms with E-state index in [-0.39, 0.29) is 42.0 Å². The predicted octanol–water partition coefficient (Wildman–Crippen LogP) is 7.59. The molecule has 0 aliphatic rings. The van der Waals surface area contributed by atoms with Crippen molar-refractivity contribution in [3.8, 4) is 28.7 Å². The molecule has 0 aliphatic carbocycles. The number of carboxylic acid groups (broad SMARTS) is 1. The summed E-state index contributed by atoms with van der Waals surface area (Å²) < 4.78 is 56.0. The Balaban J connectivity index is 1.37. The number of fused-ring (bicyclic) bond motifs is 2. The lowest BCUT2D eigenvalue weighted by Gasteiger charge is -2.18. The smallest absolute Gasteiger partial charge is 0.420 e. The Morgan fingerprint density at radius 3 is 2.59 bits per heavy atom. The summed E-state index contributed by atoms with van der Waals surface area (Å²) in [6, 6.07) is 14.0. The van der Waals surface area contributed by atoms with E-state index in [0.717, 1.165) is 0 Å². The number of rotatable bonds is 9. The summed E-state index contributed by atoms with van der Waals surface area (Å²) in [4.78, 5) is 38.3. The highest BCUT2D eigenvalue weighted by atomic mass is 35.5. The zero-order valence-electron chi connectivity index (χ0n) is 25.6. The maximum atomic E-state index is 14.2. The minimum atomic E-state index is -4.91. The highest BCUT2D eigenvalue weighted by Gasteiger charge is 2.38. The van der Waals surface area contributed by atoms with Gasteiger partial charge < -0.3 is 14.6 Å². The van der Waals surface area contributed by atoms with E-state index < -0.39 is 34.6 Å². The first-order valence-corrected chi connectivity index (χ1v) is 15.8. The van der Waals surface area contributed by atoms with Gasteiger partial charge in [-0.05, 0) is 56.3 Å². The summed E-state index contributed by atoms with van der Waals surface area (Å²) in [5.41, 5.74) is -0.390. The number of thiophene rings is 1. The van der Waals surface area contributed by atoms with Crippen molar-refractivity contribution >= 4 is 50.0 Å². The lowest BCUT2D eigenvalue weighted by Crippen LogP contribution is -2.27. The van der Waals surface area contributed by atoms with Gasteiger partial charge in [0.1, 0.15) is 42.0 Å². The number of hydrogen-bond acceptors (Lipinski definition) is 9. The van der Waals surface area contributed by atoms with Crippen LogP contribution in [-0.2, 0) is 19.3 Å². The van der Waals surface area contributed by atoms with Crippen LogP contribution in [0.4, 0.5) is 13.2 Å². The molecule has 0 aliphatic heterocycles. The molecule has 0 saturated carbocycles. The van der Waals surface area contributed by atoms with Crippen molar-refractivity contribution in [2.45, 2.75) is 33.2 Å². The average Bonchev–Trinajstić information content (AvgIpc) is 3.49. The quantitative estimate of drug-likeness (QED) is 0.161. The van der Waals surface area contributed by atoms with Crippen molar-refractivity contribution < 1.29 is 32.5 Å². The van der Waals surface area contributed by atoms with E-state index >= 15 is 0 Å². The molecule has 0 radical (unpaired) electrons. The van der Waals surface area contributed by atoms with Crippen LogP contribution >= 0.6 is 22.9 Å². The molecule has 0 amide bonds. The maximum absolute atomic E-state index is 14.2. The van der Waals surface area contributed by atoms with Gasteiger partial charge in [-0.15, -0.1) is 11.3 Å². The van der Waals surface area contributed by atoms with Crippen molar-refractivity contribution in [1.29, 1.82) is 5.26 Å². The first kappa shape index (κ1) is 33.4. The number of hydrogen-bond donors (Lipinski definition) is 1. The Morgan fingerprint density at radius 1 is 1.10 bits per heavy atom. The van der Waals surface area contributed by atoms with Crippen LogP contribution in [-0.4, -0.2) is 37.2 Å². The summed E-state index contributed by atoms with van der Waals surface area (Å²) >= 11 is 7.57. The van der Waals surface area contributed by atoms with Gasteiger partial charge in [-0.3, -0.25) is 19.3 Å². The SMILES string of the molecule is Cc1cc(-c2cc(Cl)ccc2OCCn2c(C)nc3cc(C(F)(F)F)c(OCc4ccccn4)c(C#N)c3c2=O)c2scc(C(=O)O)c2n1. The molecule has 0 spiro atoms. The number of aryl methyl sites for hydroxylation is 2. The Morgan fingerprint density at radius 2 is 1.90 bits per heavy atom. The van der Waals surface area contributed by atoms with Crippen LogP contribution in [0.5, 0.6) is 11.5 Å². The van der Waals surface area contributed by atoms with E-state index in [1.54, 1.807) is 55.5 Å². The van der Waals surface area contributed by atoms with Crippen LogP contribution in [0, 0.1) is 25.2 Å². The monoisotopic (exact) mass is 705 g/mol. The van der Waals surface area contributed by atoms with Crippen molar-refractivity contribution in [2.75, 3.05) is 6.61 Å². The van der Waals surface area contributed by atoms with Crippen molar-refractivity contribution in [3.05, 3.63) is 109 Å². The van der Waals surface area contributed by atoms with E-state index in [4.69, 9.17) is 21.1 Å². The van der Waals surface area contributed by atoms with E-state index in [2.05, 4.69) is 15.0 Å². The van der Waals surface area contributed by atoms with Crippen LogP contribution < -0.4 is 15.0 Å². The molecule has 0 atom stereocenters. The molecule has 2 aromatic carbocycles. The molecule has 10 nitrogen and oxygen atoms in total. The number of aromatic nitrogens is 4. The van der Waals surface area contributed by atoms with E-state index in [0.29, 0.717) is 49.6 Å². The van der Waals surface area contributed by atoms with Crippen LogP contribution in [0.3, 0.4) is 0 Å². The third-order valence-corrected chi connectivity index (χ3v) is 8.82. The second-order valence-corrected chi connectivity index (χ2v) is 12.1. The first-order valence-electron chi connectivity index (χ1n) is 14.5. The maximum Gasteiger partial charge on any atom is 0.420 e. The van der Waals surface area contributed by atoms with Crippen molar-refractivity contribution in [3.63, 3.8) is 0 Å². The third kappa shape index (κ3) is 6.50. The Hall–Kier alpha value is -5.52. The van der Waals surface area contributed by atoms with Crippen molar-refractivity contribution in [1.82, 2.24) is 19.5 Å². The Kier molecular flexibility index (Phi) is 8.98. The zero-order valence-corrected chi connectivity index (χ0v) is 27.2. The van der Waals surface area contributed by atoms with E-state index in [1.165, 1.54) is 34.4 Å². The van der Waals surface area contributed by atoms with Crippen LogP contribution in [0.2, 0.25) is 5.02 Å². The lowest BCUT2D eigenvalue weighted by atomic mass is 10.0. The molecule has 6 rings (SSSR count). The Labute approximate surface area is 284 Å².